The summed E-state index contributed by atoms with van der Waals surface area (Å²) in [4.78, 5) is 11.8. The summed E-state index contributed by atoms with van der Waals surface area (Å²) in [6, 6.07) is 12.2. The van der Waals surface area contributed by atoms with Gasteiger partial charge in [-0.25, -0.2) is 9.18 Å². The lowest BCUT2D eigenvalue weighted by Gasteiger charge is -2.17. The first-order chi connectivity index (χ1) is 10.5. The zero-order valence-electron chi connectivity index (χ0n) is 12.4. The molecule has 0 unspecified atom stereocenters. The first-order valence-corrected chi connectivity index (χ1v) is 7.69. The van der Waals surface area contributed by atoms with E-state index in [1.165, 1.54) is 6.07 Å². The third-order valence-electron chi connectivity index (χ3n) is 3.32. The van der Waals surface area contributed by atoms with Crippen molar-refractivity contribution in [3.63, 3.8) is 0 Å². The molecule has 5 heteroatoms. The highest BCUT2D eigenvalue weighted by atomic mass is 79.9. The summed E-state index contributed by atoms with van der Waals surface area (Å²) in [5.41, 5.74) is 2.53. The topological polar surface area (TPSA) is 38.3 Å². The third-order valence-corrected chi connectivity index (χ3v) is 3.93. The summed E-state index contributed by atoms with van der Waals surface area (Å²) in [6.07, 6.45) is -0.529. The van der Waals surface area contributed by atoms with E-state index in [0.29, 0.717) is 4.47 Å². The normalized spacial score (nSPS) is 11.8. The van der Waals surface area contributed by atoms with Gasteiger partial charge in [0.2, 0.25) is 0 Å². The Kier molecular flexibility index (Phi) is 5.55. The molecule has 0 aromatic heterocycles. The van der Waals surface area contributed by atoms with E-state index in [4.69, 9.17) is 4.74 Å². The van der Waals surface area contributed by atoms with Gasteiger partial charge in [0.15, 0.2) is 0 Å². The molecule has 0 radical (unpaired) electrons. The zero-order valence-corrected chi connectivity index (χ0v) is 14.0. The van der Waals surface area contributed by atoms with Gasteiger partial charge in [0, 0.05) is 0 Å². The van der Waals surface area contributed by atoms with E-state index in [2.05, 4.69) is 21.2 Å². The van der Waals surface area contributed by atoms with Crippen molar-refractivity contribution in [1.29, 1.82) is 0 Å². The van der Waals surface area contributed by atoms with Crippen LogP contribution in [0.25, 0.3) is 0 Å². The molecule has 0 saturated heterocycles. The molecule has 0 aliphatic carbocycles. The number of rotatable bonds is 4. The number of benzene rings is 2. The lowest BCUT2D eigenvalue weighted by atomic mass is 10.0. The number of carbonyl (C=O) groups excluding carboxylic acids is 1. The fourth-order valence-corrected chi connectivity index (χ4v) is 2.61. The van der Waals surface area contributed by atoms with Crippen molar-refractivity contribution in [2.75, 3.05) is 0 Å². The molecule has 0 bridgehead atoms. The molecule has 1 atom stereocenters. The first-order valence-electron chi connectivity index (χ1n) is 6.90. The van der Waals surface area contributed by atoms with Gasteiger partial charge in [-0.2, -0.15) is 0 Å². The average Bonchev–Trinajstić information content (AvgIpc) is 2.50. The molecular weight excluding hydrogens is 349 g/mol. The molecule has 1 amide bonds. The minimum absolute atomic E-state index is 0.201. The molecule has 0 aliphatic rings. The van der Waals surface area contributed by atoms with Crippen LogP contribution in [-0.4, -0.2) is 6.09 Å². The van der Waals surface area contributed by atoms with E-state index in [9.17, 15) is 9.18 Å². The highest BCUT2D eigenvalue weighted by molar-refractivity contribution is 9.10. The Morgan fingerprint density at radius 1 is 1.32 bits per heavy atom. The second kappa shape index (κ2) is 7.40. The maximum Gasteiger partial charge on any atom is 0.407 e. The van der Waals surface area contributed by atoms with Gasteiger partial charge < -0.3 is 10.1 Å². The minimum Gasteiger partial charge on any atom is -0.445 e. The van der Waals surface area contributed by atoms with Gasteiger partial charge in [-0.3, -0.25) is 0 Å². The molecule has 2 aromatic carbocycles. The van der Waals surface area contributed by atoms with Gasteiger partial charge in [0.1, 0.15) is 12.4 Å². The Morgan fingerprint density at radius 3 is 2.68 bits per heavy atom. The molecule has 22 heavy (non-hydrogen) atoms. The quantitative estimate of drug-likeness (QED) is 0.837. The van der Waals surface area contributed by atoms with Crippen LogP contribution in [0.5, 0.6) is 0 Å². The number of amides is 1. The summed E-state index contributed by atoms with van der Waals surface area (Å²) in [7, 11) is 0. The number of hydrogen-bond donors (Lipinski definition) is 1. The van der Waals surface area contributed by atoms with Gasteiger partial charge in [-0.15, -0.1) is 0 Å². The fourth-order valence-electron chi connectivity index (χ4n) is 2.15. The van der Waals surface area contributed by atoms with E-state index in [1.807, 2.05) is 37.3 Å². The Labute approximate surface area is 137 Å². The molecule has 0 saturated carbocycles. The zero-order chi connectivity index (χ0) is 16.1. The van der Waals surface area contributed by atoms with Crippen LogP contribution in [0.15, 0.2) is 46.9 Å². The number of aryl methyl sites for hydroxylation is 1. The lowest BCUT2D eigenvalue weighted by molar-refractivity contribution is 0.136. The average molecular weight is 366 g/mol. The Balaban J connectivity index is 1.95. The molecule has 0 fully saturated rings. The molecule has 3 nitrogen and oxygen atoms in total. The van der Waals surface area contributed by atoms with Gasteiger partial charge in [-0.05, 0) is 58.6 Å². The number of hydrogen-bond acceptors (Lipinski definition) is 2. The van der Waals surface area contributed by atoms with Crippen molar-refractivity contribution in [3.05, 3.63) is 69.4 Å². The van der Waals surface area contributed by atoms with Crippen LogP contribution in [0.1, 0.15) is 29.7 Å². The van der Waals surface area contributed by atoms with Crippen molar-refractivity contribution >= 4 is 22.0 Å². The predicted octanol–water partition coefficient (Wildman–Crippen LogP) is 4.88. The predicted molar refractivity (Wildman–Crippen MR) is 87.0 cm³/mol. The van der Waals surface area contributed by atoms with Crippen LogP contribution in [0, 0.1) is 12.7 Å². The monoisotopic (exact) mass is 365 g/mol. The van der Waals surface area contributed by atoms with E-state index in [0.717, 1.165) is 16.7 Å². The summed E-state index contributed by atoms with van der Waals surface area (Å²) in [5.74, 6) is -0.355. The van der Waals surface area contributed by atoms with Crippen LogP contribution in [0.3, 0.4) is 0 Å². The summed E-state index contributed by atoms with van der Waals surface area (Å²) in [6.45, 7) is 3.86. The molecule has 0 heterocycles. The summed E-state index contributed by atoms with van der Waals surface area (Å²) in [5, 5.41) is 2.71. The molecule has 0 aliphatic heterocycles. The molecule has 116 valence electrons. The number of halogens is 2. The van der Waals surface area contributed by atoms with Crippen molar-refractivity contribution < 1.29 is 13.9 Å². The van der Waals surface area contributed by atoms with Crippen molar-refractivity contribution in [2.45, 2.75) is 26.5 Å². The van der Waals surface area contributed by atoms with Crippen LogP contribution in [0.2, 0.25) is 0 Å². The highest BCUT2D eigenvalue weighted by Crippen LogP contribution is 2.24. The SMILES string of the molecule is Cc1cc(Br)c(F)cc1[C@H](C)NC(=O)OCc1ccccc1. The number of carbonyl (C=O) groups is 1. The van der Waals surface area contributed by atoms with E-state index >= 15 is 0 Å². The van der Waals surface area contributed by atoms with Crippen molar-refractivity contribution in [3.8, 4) is 0 Å². The van der Waals surface area contributed by atoms with Gasteiger partial charge in [0.25, 0.3) is 0 Å². The maximum atomic E-state index is 13.6. The second-order valence-corrected chi connectivity index (χ2v) is 5.90. The van der Waals surface area contributed by atoms with E-state index in [-0.39, 0.29) is 18.5 Å². The summed E-state index contributed by atoms with van der Waals surface area (Å²) < 4.78 is 19.2. The smallest absolute Gasteiger partial charge is 0.407 e. The molecule has 2 rings (SSSR count). The van der Waals surface area contributed by atoms with E-state index < -0.39 is 6.09 Å². The molecular formula is C17H17BrFNO2. The maximum absolute atomic E-state index is 13.6. The third kappa shape index (κ3) is 4.31. The van der Waals surface area contributed by atoms with Gasteiger partial charge in [0.05, 0.1) is 10.5 Å². The van der Waals surface area contributed by atoms with Crippen LogP contribution >= 0.6 is 15.9 Å². The van der Waals surface area contributed by atoms with Gasteiger partial charge in [-0.1, -0.05) is 30.3 Å². The molecule has 0 spiro atoms. The Bertz CT molecular complexity index is 661. The summed E-state index contributed by atoms with van der Waals surface area (Å²) >= 11 is 3.14. The van der Waals surface area contributed by atoms with Crippen molar-refractivity contribution in [2.24, 2.45) is 0 Å². The van der Waals surface area contributed by atoms with E-state index in [1.54, 1.807) is 13.0 Å². The fraction of sp³-hybridized carbons (Fsp3) is 0.235. The van der Waals surface area contributed by atoms with Crippen LogP contribution in [0.4, 0.5) is 9.18 Å². The Morgan fingerprint density at radius 2 is 2.00 bits per heavy atom. The second-order valence-electron chi connectivity index (χ2n) is 5.05. The minimum atomic E-state index is -0.529. The van der Waals surface area contributed by atoms with Crippen LogP contribution in [-0.2, 0) is 11.3 Å². The highest BCUT2D eigenvalue weighted by Gasteiger charge is 2.15. The standard InChI is InChI=1S/C17H17BrFNO2/c1-11-8-15(18)16(19)9-14(11)12(2)20-17(21)22-10-13-6-4-3-5-7-13/h3-9,12H,10H2,1-2H3,(H,20,21)/t12-/m0/s1. The van der Waals surface area contributed by atoms with Gasteiger partial charge >= 0.3 is 6.09 Å². The number of ether oxygens (including phenoxy) is 1. The van der Waals surface area contributed by atoms with Crippen LogP contribution < -0.4 is 5.32 Å². The van der Waals surface area contributed by atoms with Crippen molar-refractivity contribution in [1.82, 2.24) is 5.32 Å². The largest absolute Gasteiger partial charge is 0.445 e. The first kappa shape index (κ1) is 16.5. The molecule has 2 aromatic rings. The lowest BCUT2D eigenvalue weighted by Crippen LogP contribution is -2.27. The Hall–Kier alpha value is -1.88. The molecule has 1 N–H and O–H groups in total. The number of nitrogens with one attached hydrogen (secondary N) is 1. The number of alkyl carbamates (subject to hydrolysis) is 1.